The maximum Gasteiger partial charge on any atom is 0.408 e. The fourth-order valence-corrected chi connectivity index (χ4v) is 1.37. The van der Waals surface area contributed by atoms with Gasteiger partial charge < -0.3 is 15.2 Å². The van der Waals surface area contributed by atoms with Crippen molar-refractivity contribution in [3.8, 4) is 0 Å². The Balaban J connectivity index is 4.61. The van der Waals surface area contributed by atoms with Crippen LogP contribution in [0.15, 0.2) is 0 Å². The number of likely N-dealkylation sites (N-methyl/N-ethyl adjacent to an activating group) is 1. The first-order chi connectivity index (χ1) is 7.47. The summed E-state index contributed by atoms with van der Waals surface area (Å²) in [5.74, 6) is 0. The zero-order chi connectivity index (χ0) is 13.9. The highest BCUT2D eigenvalue weighted by molar-refractivity contribution is 5.68. The predicted molar refractivity (Wildman–Crippen MR) is 67.7 cm³/mol. The van der Waals surface area contributed by atoms with Gasteiger partial charge >= 0.3 is 6.09 Å². The molecule has 0 fully saturated rings. The molecule has 0 aromatic carbocycles. The molecule has 1 amide bonds. The highest BCUT2D eigenvalue weighted by atomic mass is 16.6. The molecule has 0 saturated heterocycles. The first-order valence-electron chi connectivity index (χ1n) is 5.82. The van der Waals surface area contributed by atoms with Crippen LogP contribution in [0.4, 0.5) is 4.79 Å². The van der Waals surface area contributed by atoms with E-state index in [1.165, 1.54) is 0 Å². The van der Waals surface area contributed by atoms with E-state index in [9.17, 15) is 9.90 Å². The van der Waals surface area contributed by atoms with Crippen LogP contribution in [-0.2, 0) is 4.74 Å². The van der Waals surface area contributed by atoms with Crippen LogP contribution in [0.3, 0.4) is 0 Å². The van der Waals surface area contributed by atoms with Crippen LogP contribution in [0.1, 0.15) is 41.5 Å². The number of hydrogen-bond acceptors (Lipinski definition) is 4. The van der Waals surface area contributed by atoms with Gasteiger partial charge in [0.15, 0.2) is 0 Å². The minimum Gasteiger partial charge on any atom is -0.444 e. The van der Waals surface area contributed by atoms with E-state index in [1.54, 1.807) is 27.8 Å². The van der Waals surface area contributed by atoms with Gasteiger partial charge in [-0.2, -0.15) is 0 Å². The SMILES string of the molecule is CNC(O)[C@@H](NC(=O)OC(C)(C)C)C(C)(C)C. The normalized spacial score (nSPS) is 16.2. The number of alkyl carbamates (subject to hydrolysis) is 1. The first kappa shape index (κ1) is 16.2. The summed E-state index contributed by atoms with van der Waals surface area (Å²) in [5.41, 5.74) is -0.823. The molecule has 1 unspecified atom stereocenters. The van der Waals surface area contributed by atoms with E-state index in [4.69, 9.17) is 4.74 Å². The number of aliphatic hydroxyl groups excluding tert-OH is 1. The summed E-state index contributed by atoms with van der Waals surface area (Å²) in [6, 6.07) is -0.428. The smallest absolute Gasteiger partial charge is 0.408 e. The summed E-state index contributed by atoms with van der Waals surface area (Å²) in [6.07, 6.45) is -1.34. The van der Waals surface area contributed by atoms with Crippen molar-refractivity contribution < 1.29 is 14.6 Å². The average Bonchev–Trinajstić information content (AvgIpc) is 2.08. The molecule has 5 nitrogen and oxygen atoms in total. The topological polar surface area (TPSA) is 70.6 Å². The molecule has 3 N–H and O–H groups in total. The number of ether oxygens (including phenoxy) is 1. The summed E-state index contributed by atoms with van der Waals surface area (Å²) >= 11 is 0. The van der Waals surface area contributed by atoms with Crippen molar-refractivity contribution in [2.24, 2.45) is 5.41 Å². The summed E-state index contributed by atoms with van der Waals surface area (Å²) in [4.78, 5) is 11.7. The molecular formula is C12H26N2O3. The molecule has 0 aromatic heterocycles. The van der Waals surface area contributed by atoms with E-state index in [0.29, 0.717) is 0 Å². The molecule has 17 heavy (non-hydrogen) atoms. The maximum absolute atomic E-state index is 11.7. The Morgan fingerprint density at radius 1 is 1.18 bits per heavy atom. The number of carbonyl (C=O) groups is 1. The highest BCUT2D eigenvalue weighted by Crippen LogP contribution is 2.21. The molecule has 5 heteroatoms. The third kappa shape index (κ3) is 6.48. The van der Waals surface area contributed by atoms with Gasteiger partial charge in [-0.05, 0) is 33.2 Å². The Bertz CT molecular complexity index is 253. The number of aliphatic hydroxyl groups is 1. The fourth-order valence-electron chi connectivity index (χ4n) is 1.37. The Morgan fingerprint density at radius 2 is 1.65 bits per heavy atom. The van der Waals surface area contributed by atoms with Crippen molar-refractivity contribution in [1.82, 2.24) is 10.6 Å². The molecular weight excluding hydrogens is 220 g/mol. The van der Waals surface area contributed by atoms with Crippen molar-refractivity contribution in [3.05, 3.63) is 0 Å². The molecule has 0 spiro atoms. The quantitative estimate of drug-likeness (QED) is 0.659. The molecule has 0 heterocycles. The number of carbonyl (C=O) groups excluding carboxylic acids is 1. The molecule has 102 valence electrons. The van der Waals surface area contributed by atoms with Crippen LogP contribution >= 0.6 is 0 Å². The number of amides is 1. The molecule has 2 atom stereocenters. The van der Waals surface area contributed by atoms with E-state index < -0.39 is 24.0 Å². The highest BCUT2D eigenvalue weighted by Gasteiger charge is 2.33. The first-order valence-corrected chi connectivity index (χ1v) is 5.82. The van der Waals surface area contributed by atoms with Crippen molar-refractivity contribution in [2.45, 2.75) is 59.4 Å². The van der Waals surface area contributed by atoms with Gasteiger partial charge in [-0.15, -0.1) is 0 Å². The Kier molecular flexibility index (Phi) is 5.42. The minimum atomic E-state index is -0.817. The second kappa shape index (κ2) is 5.69. The zero-order valence-corrected chi connectivity index (χ0v) is 11.9. The van der Waals surface area contributed by atoms with Gasteiger partial charge in [0, 0.05) is 0 Å². The average molecular weight is 246 g/mol. The van der Waals surface area contributed by atoms with Crippen LogP contribution in [0.25, 0.3) is 0 Å². The van der Waals surface area contributed by atoms with Gasteiger partial charge in [-0.25, -0.2) is 4.79 Å². The summed E-state index contributed by atoms with van der Waals surface area (Å²) < 4.78 is 5.17. The summed E-state index contributed by atoms with van der Waals surface area (Å²) in [6.45, 7) is 11.2. The molecule has 0 aromatic rings. The van der Waals surface area contributed by atoms with Crippen LogP contribution in [-0.4, -0.2) is 36.1 Å². The van der Waals surface area contributed by atoms with E-state index >= 15 is 0 Å². The van der Waals surface area contributed by atoms with E-state index in [-0.39, 0.29) is 5.41 Å². The van der Waals surface area contributed by atoms with Crippen LogP contribution in [0.2, 0.25) is 0 Å². The Hall–Kier alpha value is -0.810. The van der Waals surface area contributed by atoms with Crippen molar-refractivity contribution in [2.75, 3.05) is 7.05 Å². The molecule has 0 aliphatic rings. The standard InChI is InChI=1S/C12H26N2O3/c1-11(2,3)8(9(15)13-7)14-10(16)17-12(4,5)6/h8-9,13,15H,1-7H3,(H,14,16)/t8-,9?/m1/s1. The maximum atomic E-state index is 11.7. The lowest BCUT2D eigenvalue weighted by Gasteiger charge is -2.35. The second-order valence-electron chi connectivity index (χ2n) is 6.22. The lowest BCUT2D eigenvalue weighted by Crippen LogP contribution is -2.56. The van der Waals surface area contributed by atoms with E-state index in [0.717, 1.165) is 0 Å². The summed E-state index contributed by atoms with van der Waals surface area (Å²) in [7, 11) is 1.64. The van der Waals surface area contributed by atoms with Gasteiger partial charge in [0.05, 0.1) is 6.04 Å². The van der Waals surface area contributed by atoms with Gasteiger partial charge in [0.2, 0.25) is 0 Å². The third-order valence-corrected chi connectivity index (χ3v) is 2.22. The van der Waals surface area contributed by atoms with E-state index in [2.05, 4.69) is 10.6 Å². The number of rotatable bonds is 3. The Labute approximate surface area is 104 Å². The van der Waals surface area contributed by atoms with Gasteiger partial charge in [0.1, 0.15) is 11.8 Å². The monoisotopic (exact) mass is 246 g/mol. The molecule has 0 saturated carbocycles. The second-order valence-corrected chi connectivity index (χ2v) is 6.22. The molecule has 0 aliphatic carbocycles. The van der Waals surface area contributed by atoms with Crippen molar-refractivity contribution in [3.63, 3.8) is 0 Å². The van der Waals surface area contributed by atoms with Crippen molar-refractivity contribution >= 4 is 6.09 Å². The number of hydrogen-bond donors (Lipinski definition) is 3. The molecule has 0 aliphatic heterocycles. The summed E-state index contributed by atoms with van der Waals surface area (Å²) in [5, 5.41) is 15.2. The van der Waals surface area contributed by atoms with Gasteiger partial charge in [-0.3, -0.25) is 5.32 Å². The molecule has 0 bridgehead atoms. The third-order valence-electron chi connectivity index (χ3n) is 2.22. The zero-order valence-electron chi connectivity index (χ0n) is 11.9. The van der Waals surface area contributed by atoms with Gasteiger partial charge in [-0.1, -0.05) is 20.8 Å². The van der Waals surface area contributed by atoms with Crippen LogP contribution in [0, 0.1) is 5.41 Å². The van der Waals surface area contributed by atoms with Crippen LogP contribution < -0.4 is 10.6 Å². The molecule has 0 rings (SSSR count). The van der Waals surface area contributed by atoms with E-state index in [1.807, 2.05) is 20.8 Å². The number of nitrogens with one attached hydrogen (secondary N) is 2. The minimum absolute atomic E-state index is 0.278. The molecule has 0 radical (unpaired) electrons. The van der Waals surface area contributed by atoms with Gasteiger partial charge in [0.25, 0.3) is 0 Å². The van der Waals surface area contributed by atoms with Crippen molar-refractivity contribution in [1.29, 1.82) is 0 Å². The lowest BCUT2D eigenvalue weighted by atomic mass is 9.85. The Morgan fingerprint density at radius 3 is 1.94 bits per heavy atom. The predicted octanol–water partition coefficient (Wildman–Crippen LogP) is 1.46. The lowest BCUT2D eigenvalue weighted by molar-refractivity contribution is 0.0202. The van der Waals surface area contributed by atoms with Crippen LogP contribution in [0.5, 0.6) is 0 Å². The fraction of sp³-hybridized carbons (Fsp3) is 0.917. The largest absolute Gasteiger partial charge is 0.444 e.